The summed E-state index contributed by atoms with van der Waals surface area (Å²) in [7, 11) is 0. The van der Waals surface area contributed by atoms with Crippen LogP contribution in [0.5, 0.6) is 0 Å². The lowest BCUT2D eigenvalue weighted by atomic mass is 9.93. The van der Waals surface area contributed by atoms with Gasteiger partial charge in [0.15, 0.2) is 0 Å². The summed E-state index contributed by atoms with van der Waals surface area (Å²) in [6.07, 6.45) is 6.44. The van der Waals surface area contributed by atoms with Crippen molar-refractivity contribution in [1.82, 2.24) is 10.2 Å². The van der Waals surface area contributed by atoms with E-state index >= 15 is 0 Å². The van der Waals surface area contributed by atoms with Crippen LogP contribution in [0.3, 0.4) is 0 Å². The highest BCUT2D eigenvalue weighted by Gasteiger charge is 2.41. The Balaban J connectivity index is 1.51. The molecule has 1 aliphatic heterocycles. The van der Waals surface area contributed by atoms with Crippen LogP contribution in [-0.2, 0) is 9.59 Å². The van der Waals surface area contributed by atoms with E-state index in [1.807, 2.05) is 4.90 Å². The molecule has 2 amide bonds. The van der Waals surface area contributed by atoms with E-state index in [-0.39, 0.29) is 29.7 Å². The van der Waals surface area contributed by atoms with Crippen molar-refractivity contribution in [3.05, 3.63) is 35.4 Å². The Hall–Kier alpha value is -1.84. The Bertz CT molecular complexity index is 644. The molecule has 25 heavy (non-hydrogen) atoms. The van der Waals surface area contributed by atoms with E-state index < -0.39 is 0 Å². The maximum Gasteiger partial charge on any atom is 0.225 e. The quantitative estimate of drug-likeness (QED) is 0.916. The third-order valence-electron chi connectivity index (χ3n) is 6.12. The van der Waals surface area contributed by atoms with Crippen molar-refractivity contribution in [3.8, 4) is 0 Å². The number of rotatable bonds is 4. The standard InChI is InChI=1S/C21H28N2O2/c1-14-6-8-15(9-7-14)18-12-23(21(25)17-4-2-3-5-17)13-19(18)22-20(24)16-10-11-16/h6-9,16-19H,2-5,10-13H2,1H3,(H,22,24)/t18-,19+/m0/s1. The van der Waals surface area contributed by atoms with Crippen molar-refractivity contribution >= 4 is 11.8 Å². The lowest BCUT2D eigenvalue weighted by Crippen LogP contribution is -2.41. The van der Waals surface area contributed by atoms with Gasteiger partial charge in [0.25, 0.3) is 0 Å². The van der Waals surface area contributed by atoms with Crippen LogP contribution in [0.2, 0.25) is 0 Å². The fourth-order valence-electron chi connectivity index (χ4n) is 4.36. The normalized spacial score (nSPS) is 26.8. The van der Waals surface area contributed by atoms with Gasteiger partial charge in [-0.3, -0.25) is 9.59 Å². The molecule has 134 valence electrons. The molecule has 3 aliphatic rings. The summed E-state index contributed by atoms with van der Waals surface area (Å²) in [5.41, 5.74) is 2.47. The predicted octanol–water partition coefficient (Wildman–Crippen LogP) is 3.01. The van der Waals surface area contributed by atoms with Crippen molar-refractivity contribution in [1.29, 1.82) is 0 Å². The highest BCUT2D eigenvalue weighted by Crippen LogP contribution is 2.34. The Kier molecular flexibility index (Phi) is 4.53. The number of nitrogens with one attached hydrogen (secondary N) is 1. The lowest BCUT2D eigenvalue weighted by Gasteiger charge is -2.20. The summed E-state index contributed by atoms with van der Waals surface area (Å²) in [6.45, 7) is 3.47. The van der Waals surface area contributed by atoms with Crippen LogP contribution in [0.4, 0.5) is 0 Å². The number of hydrogen-bond acceptors (Lipinski definition) is 2. The first-order valence-electron chi connectivity index (χ1n) is 9.77. The van der Waals surface area contributed by atoms with Crippen LogP contribution >= 0.6 is 0 Å². The topological polar surface area (TPSA) is 49.4 Å². The van der Waals surface area contributed by atoms with Gasteiger partial charge >= 0.3 is 0 Å². The van der Waals surface area contributed by atoms with Crippen LogP contribution in [0.15, 0.2) is 24.3 Å². The SMILES string of the molecule is Cc1ccc([C@@H]2CN(C(=O)C3CCCC3)C[C@H]2NC(=O)C2CC2)cc1. The molecule has 1 N–H and O–H groups in total. The van der Waals surface area contributed by atoms with Crippen LogP contribution in [0.25, 0.3) is 0 Å². The molecule has 4 nitrogen and oxygen atoms in total. The first-order valence-corrected chi connectivity index (χ1v) is 9.77. The van der Waals surface area contributed by atoms with Crippen LogP contribution in [-0.4, -0.2) is 35.8 Å². The summed E-state index contributed by atoms with van der Waals surface area (Å²) in [5, 5.41) is 3.25. The molecule has 0 bridgehead atoms. The molecular formula is C21H28N2O2. The summed E-state index contributed by atoms with van der Waals surface area (Å²) in [6, 6.07) is 8.59. The average molecular weight is 340 g/mol. The molecule has 2 atom stereocenters. The van der Waals surface area contributed by atoms with E-state index in [0.29, 0.717) is 12.5 Å². The number of hydrogen-bond donors (Lipinski definition) is 1. The molecule has 1 aromatic rings. The van der Waals surface area contributed by atoms with Crippen LogP contribution in [0.1, 0.15) is 55.6 Å². The van der Waals surface area contributed by atoms with Crippen molar-refractivity contribution in [2.45, 2.75) is 57.4 Å². The zero-order chi connectivity index (χ0) is 17.4. The van der Waals surface area contributed by atoms with Crippen LogP contribution in [0, 0.1) is 18.8 Å². The molecule has 0 spiro atoms. The maximum atomic E-state index is 12.9. The predicted molar refractivity (Wildman–Crippen MR) is 97.1 cm³/mol. The number of nitrogens with zero attached hydrogens (tertiary/aromatic N) is 1. The van der Waals surface area contributed by atoms with Gasteiger partial charge in [-0.05, 0) is 38.2 Å². The van der Waals surface area contributed by atoms with Gasteiger partial charge in [-0.15, -0.1) is 0 Å². The minimum absolute atomic E-state index is 0.0427. The first kappa shape index (κ1) is 16.6. The van der Waals surface area contributed by atoms with E-state index in [2.05, 4.69) is 36.5 Å². The van der Waals surface area contributed by atoms with E-state index in [4.69, 9.17) is 0 Å². The van der Waals surface area contributed by atoms with E-state index in [1.165, 1.54) is 24.0 Å². The minimum atomic E-state index is 0.0427. The molecular weight excluding hydrogens is 312 g/mol. The number of amides is 2. The molecule has 3 fully saturated rings. The second-order valence-corrected chi connectivity index (χ2v) is 8.13. The average Bonchev–Trinajstić information content (AvgIpc) is 3.16. The highest BCUT2D eigenvalue weighted by molar-refractivity contribution is 5.82. The fraction of sp³-hybridized carbons (Fsp3) is 0.619. The molecule has 0 radical (unpaired) electrons. The maximum absolute atomic E-state index is 12.9. The number of benzene rings is 1. The van der Waals surface area contributed by atoms with E-state index in [0.717, 1.165) is 32.2 Å². The lowest BCUT2D eigenvalue weighted by molar-refractivity contribution is -0.134. The van der Waals surface area contributed by atoms with Crippen LogP contribution < -0.4 is 5.32 Å². The van der Waals surface area contributed by atoms with Gasteiger partial charge in [0.2, 0.25) is 11.8 Å². The molecule has 1 saturated heterocycles. The first-order chi connectivity index (χ1) is 12.1. The van der Waals surface area contributed by atoms with Gasteiger partial charge in [0.1, 0.15) is 0 Å². The summed E-state index contributed by atoms with van der Waals surface area (Å²) < 4.78 is 0. The van der Waals surface area contributed by atoms with Gasteiger partial charge in [0.05, 0.1) is 6.04 Å². The van der Waals surface area contributed by atoms with E-state index in [9.17, 15) is 9.59 Å². The largest absolute Gasteiger partial charge is 0.351 e. The molecule has 4 heteroatoms. The number of likely N-dealkylation sites (tertiary alicyclic amines) is 1. The van der Waals surface area contributed by atoms with E-state index in [1.54, 1.807) is 0 Å². The fourth-order valence-corrected chi connectivity index (χ4v) is 4.36. The molecule has 2 aliphatic carbocycles. The Morgan fingerprint density at radius 2 is 1.64 bits per heavy atom. The molecule has 4 rings (SSSR count). The zero-order valence-electron chi connectivity index (χ0n) is 15.0. The Labute approximate surface area is 150 Å². The molecule has 2 saturated carbocycles. The third kappa shape index (κ3) is 3.58. The van der Waals surface area contributed by atoms with Gasteiger partial charge in [-0.2, -0.15) is 0 Å². The highest BCUT2D eigenvalue weighted by atomic mass is 16.2. The zero-order valence-corrected chi connectivity index (χ0v) is 15.0. The third-order valence-corrected chi connectivity index (χ3v) is 6.12. The minimum Gasteiger partial charge on any atom is -0.351 e. The number of carbonyl (C=O) groups is 2. The molecule has 0 unspecified atom stereocenters. The molecule has 1 heterocycles. The number of aryl methyl sites for hydroxylation is 1. The van der Waals surface area contributed by atoms with Crippen molar-refractivity contribution in [2.24, 2.45) is 11.8 Å². The summed E-state index contributed by atoms with van der Waals surface area (Å²) >= 11 is 0. The van der Waals surface area contributed by atoms with Gasteiger partial charge in [-0.1, -0.05) is 42.7 Å². The number of carbonyl (C=O) groups excluding carboxylic acids is 2. The van der Waals surface area contributed by atoms with Gasteiger partial charge < -0.3 is 10.2 Å². The Morgan fingerprint density at radius 1 is 0.960 bits per heavy atom. The van der Waals surface area contributed by atoms with Crippen molar-refractivity contribution in [3.63, 3.8) is 0 Å². The molecule has 1 aromatic carbocycles. The monoisotopic (exact) mass is 340 g/mol. The van der Waals surface area contributed by atoms with Crippen molar-refractivity contribution < 1.29 is 9.59 Å². The smallest absolute Gasteiger partial charge is 0.225 e. The van der Waals surface area contributed by atoms with Gasteiger partial charge in [-0.25, -0.2) is 0 Å². The van der Waals surface area contributed by atoms with Gasteiger partial charge in [0, 0.05) is 30.8 Å². The summed E-state index contributed by atoms with van der Waals surface area (Å²) in [4.78, 5) is 27.2. The summed E-state index contributed by atoms with van der Waals surface area (Å²) in [5.74, 6) is 1.10. The second kappa shape index (κ2) is 6.81. The van der Waals surface area contributed by atoms with Crippen molar-refractivity contribution in [2.75, 3.05) is 13.1 Å². The second-order valence-electron chi connectivity index (χ2n) is 8.13. The molecule has 0 aromatic heterocycles. The Morgan fingerprint density at radius 3 is 2.28 bits per heavy atom.